The van der Waals surface area contributed by atoms with Gasteiger partial charge in [-0.15, -0.1) is 0 Å². The number of rotatable bonds is 1. The van der Waals surface area contributed by atoms with Crippen molar-refractivity contribution in [1.29, 1.82) is 0 Å². The minimum Gasteiger partial charge on any atom is -0.475 e. The van der Waals surface area contributed by atoms with Crippen LogP contribution in [0.2, 0.25) is 0 Å². The molecule has 2 saturated heterocycles. The van der Waals surface area contributed by atoms with Crippen molar-refractivity contribution in [2.75, 3.05) is 12.8 Å². The fraction of sp³-hybridized carbons (Fsp3) is 0.800. The molecule has 0 N–H and O–H groups in total. The molecule has 0 radical (unpaired) electrons. The van der Waals surface area contributed by atoms with Crippen LogP contribution in [0.5, 0.6) is 0 Å². The van der Waals surface area contributed by atoms with Crippen LogP contribution in [0.1, 0.15) is 25.7 Å². The Bertz CT molecular complexity index is 283. The van der Waals surface area contributed by atoms with Crippen LogP contribution in [0.4, 0.5) is 0 Å². The first-order valence-corrected chi connectivity index (χ1v) is 6.88. The molecule has 0 aliphatic carbocycles. The fourth-order valence-electron chi connectivity index (χ4n) is 2.34. The lowest BCUT2D eigenvalue weighted by Crippen LogP contribution is -2.43. The molecular formula is C10H15NO2S2. The van der Waals surface area contributed by atoms with Gasteiger partial charge in [0.2, 0.25) is 10.3 Å². The second-order valence-corrected chi connectivity index (χ2v) is 5.41. The molecule has 2 aliphatic heterocycles. The summed E-state index contributed by atoms with van der Waals surface area (Å²) in [5.41, 5.74) is 0. The van der Waals surface area contributed by atoms with E-state index >= 15 is 0 Å². The average molecular weight is 245 g/mol. The van der Waals surface area contributed by atoms with Crippen molar-refractivity contribution in [2.24, 2.45) is 0 Å². The Kier molecular flexibility index (Phi) is 3.51. The van der Waals surface area contributed by atoms with Crippen molar-refractivity contribution < 1.29 is 9.53 Å². The van der Waals surface area contributed by atoms with Gasteiger partial charge in [0.15, 0.2) is 0 Å². The molecule has 0 spiro atoms. The first-order valence-electron chi connectivity index (χ1n) is 5.25. The number of thiocarbonyl (C=S) groups is 1. The summed E-state index contributed by atoms with van der Waals surface area (Å²) in [5.74, 6) is 0.311. The monoisotopic (exact) mass is 245 g/mol. The molecular weight excluding hydrogens is 230 g/mol. The SMILES string of the molecule is CSC(=S)O[C@@H]1CCN2C(=O)CC[C@@H]2C1. The molecule has 2 fully saturated rings. The second-order valence-electron chi connectivity index (χ2n) is 4.00. The normalized spacial score (nSPS) is 30.2. The van der Waals surface area contributed by atoms with Gasteiger partial charge < -0.3 is 9.64 Å². The maximum atomic E-state index is 11.4. The van der Waals surface area contributed by atoms with E-state index in [0.29, 0.717) is 22.8 Å². The van der Waals surface area contributed by atoms with E-state index in [4.69, 9.17) is 17.0 Å². The molecule has 2 atom stereocenters. The summed E-state index contributed by atoms with van der Waals surface area (Å²) in [4.78, 5) is 13.5. The van der Waals surface area contributed by atoms with Crippen molar-refractivity contribution in [1.82, 2.24) is 4.90 Å². The quantitative estimate of drug-likeness (QED) is 0.659. The molecule has 3 nitrogen and oxygen atoms in total. The van der Waals surface area contributed by atoms with Crippen molar-refractivity contribution >= 4 is 34.3 Å². The number of piperidine rings is 1. The maximum absolute atomic E-state index is 11.4. The van der Waals surface area contributed by atoms with Crippen LogP contribution in [0.25, 0.3) is 0 Å². The summed E-state index contributed by atoms with van der Waals surface area (Å²) >= 11 is 6.51. The Hall–Kier alpha value is -0.290. The van der Waals surface area contributed by atoms with E-state index in [0.717, 1.165) is 25.8 Å². The lowest BCUT2D eigenvalue weighted by molar-refractivity contribution is -0.130. The van der Waals surface area contributed by atoms with Crippen molar-refractivity contribution in [3.05, 3.63) is 0 Å². The first-order chi connectivity index (χ1) is 7.20. The van der Waals surface area contributed by atoms with Crippen LogP contribution in [0.15, 0.2) is 0 Å². The van der Waals surface area contributed by atoms with Gasteiger partial charge in [-0.2, -0.15) is 0 Å². The zero-order valence-corrected chi connectivity index (χ0v) is 10.4. The topological polar surface area (TPSA) is 29.5 Å². The number of thioether (sulfide) groups is 1. The summed E-state index contributed by atoms with van der Waals surface area (Å²) in [6.45, 7) is 0.838. The van der Waals surface area contributed by atoms with Crippen LogP contribution in [0.3, 0.4) is 0 Å². The molecule has 0 unspecified atom stereocenters. The van der Waals surface area contributed by atoms with Crippen LogP contribution in [0, 0.1) is 0 Å². The minimum absolute atomic E-state index is 0.220. The standard InChI is InChI=1S/C10H15NO2S2/c1-15-10(14)13-8-4-5-11-7(6-8)2-3-9(11)12/h7-8H,2-6H2,1H3/t7-,8-/m1/s1. The van der Waals surface area contributed by atoms with Crippen LogP contribution in [-0.2, 0) is 9.53 Å². The van der Waals surface area contributed by atoms with Crippen LogP contribution >= 0.6 is 24.0 Å². The number of hydrogen-bond donors (Lipinski definition) is 0. The van der Waals surface area contributed by atoms with Gasteiger partial charge in [-0.05, 0) is 24.9 Å². The molecule has 2 heterocycles. The van der Waals surface area contributed by atoms with E-state index in [1.165, 1.54) is 11.8 Å². The summed E-state index contributed by atoms with van der Waals surface area (Å²) < 4.78 is 6.26. The summed E-state index contributed by atoms with van der Waals surface area (Å²) in [6, 6.07) is 0.404. The number of ether oxygens (including phenoxy) is 1. The van der Waals surface area contributed by atoms with Gasteiger partial charge in [-0.25, -0.2) is 0 Å². The van der Waals surface area contributed by atoms with Gasteiger partial charge >= 0.3 is 0 Å². The first kappa shape index (κ1) is 11.2. The van der Waals surface area contributed by atoms with E-state index in [-0.39, 0.29) is 6.10 Å². The predicted molar refractivity (Wildman–Crippen MR) is 65.0 cm³/mol. The molecule has 0 saturated carbocycles. The van der Waals surface area contributed by atoms with E-state index in [9.17, 15) is 4.79 Å². The van der Waals surface area contributed by atoms with E-state index < -0.39 is 0 Å². The highest BCUT2D eigenvalue weighted by Crippen LogP contribution is 2.29. The average Bonchev–Trinajstić information content (AvgIpc) is 2.60. The van der Waals surface area contributed by atoms with Crippen molar-refractivity contribution in [3.8, 4) is 0 Å². The Morgan fingerprint density at radius 1 is 1.60 bits per heavy atom. The maximum Gasteiger partial charge on any atom is 0.222 e. The van der Waals surface area contributed by atoms with E-state index in [2.05, 4.69) is 0 Å². The molecule has 15 heavy (non-hydrogen) atoms. The van der Waals surface area contributed by atoms with E-state index in [1.54, 1.807) is 0 Å². The summed E-state index contributed by atoms with van der Waals surface area (Å²) in [6.07, 6.45) is 5.72. The van der Waals surface area contributed by atoms with Gasteiger partial charge in [0.1, 0.15) is 6.10 Å². The third-order valence-corrected chi connectivity index (χ3v) is 4.13. The molecule has 0 aromatic rings. The highest BCUT2D eigenvalue weighted by atomic mass is 32.2. The lowest BCUT2D eigenvalue weighted by atomic mass is 10.00. The number of carbonyl (C=O) groups is 1. The van der Waals surface area contributed by atoms with Crippen molar-refractivity contribution in [2.45, 2.75) is 37.8 Å². The zero-order chi connectivity index (χ0) is 10.8. The highest BCUT2D eigenvalue weighted by Gasteiger charge is 2.37. The Labute approximate surface area is 99.5 Å². The molecule has 0 aromatic carbocycles. The third kappa shape index (κ3) is 2.45. The third-order valence-electron chi connectivity index (χ3n) is 3.11. The smallest absolute Gasteiger partial charge is 0.222 e. The van der Waals surface area contributed by atoms with Gasteiger partial charge in [-0.1, -0.05) is 11.8 Å². The molecule has 2 rings (SSSR count). The van der Waals surface area contributed by atoms with Gasteiger partial charge in [0, 0.05) is 31.8 Å². The van der Waals surface area contributed by atoms with Crippen LogP contribution in [-0.4, -0.2) is 40.1 Å². The lowest BCUT2D eigenvalue weighted by Gasteiger charge is -2.34. The number of fused-ring (bicyclic) bond motifs is 1. The second kappa shape index (κ2) is 4.70. The fourth-order valence-corrected chi connectivity index (χ4v) is 2.71. The molecule has 0 aromatic heterocycles. The molecule has 5 heteroatoms. The van der Waals surface area contributed by atoms with Gasteiger partial charge in [-0.3, -0.25) is 4.79 Å². The number of hydrogen-bond acceptors (Lipinski definition) is 4. The van der Waals surface area contributed by atoms with Crippen LogP contribution < -0.4 is 0 Å². The molecule has 0 bridgehead atoms. The summed E-state index contributed by atoms with van der Waals surface area (Å²) in [5, 5.41) is 0. The number of nitrogens with zero attached hydrogens (tertiary/aromatic N) is 1. The number of carbonyl (C=O) groups excluding carboxylic acids is 1. The molecule has 2 aliphatic rings. The van der Waals surface area contributed by atoms with Crippen molar-refractivity contribution in [3.63, 3.8) is 0 Å². The van der Waals surface area contributed by atoms with Gasteiger partial charge in [0.05, 0.1) is 0 Å². The van der Waals surface area contributed by atoms with Gasteiger partial charge in [0.25, 0.3) is 0 Å². The predicted octanol–water partition coefficient (Wildman–Crippen LogP) is 1.80. The minimum atomic E-state index is 0.220. The Morgan fingerprint density at radius 3 is 3.13 bits per heavy atom. The number of amides is 1. The molecule has 84 valence electrons. The molecule has 1 amide bonds. The Morgan fingerprint density at radius 2 is 2.40 bits per heavy atom. The summed E-state index contributed by atoms with van der Waals surface area (Å²) in [7, 11) is 0. The highest BCUT2D eigenvalue weighted by molar-refractivity contribution is 8.22. The largest absolute Gasteiger partial charge is 0.475 e. The van der Waals surface area contributed by atoms with E-state index in [1.807, 2.05) is 11.2 Å². The zero-order valence-electron chi connectivity index (χ0n) is 8.77. The Balaban J connectivity index is 1.88.